The largest absolute Gasteiger partial charge is 0.508 e. The number of hydrogen-bond donors (Lipinski definition) is 4. The number of carbonyl (C=O) groups excluding carboxylic acids is 1. The fraction of sp³-hybridized carbons (Fsp3) is 0.500. The minimum atomic E-state index is -3.80. The van der Waals surface area contributed by atoms with Crippen LogP contribution in [0.3, 0.4) is 0 Å². The van der Waals surface area contributed by atoms with E-state index in [0.717, 1.165) is 44.6 Å². The molecule has 0 aliphatic heterocycles. The summed E-state index contributed by atoms with van der Waals surface area (Å²) in [4.78, 5) is 16.1. The van der Waals surface area contributed by atoms with Crippen LogP contribution in [-0.4, -0.2) is 68.9 Å². The van der Waals surface area contributed by atoms with Crippen molar-refractivity contribution in [1.29, 1.82) is 0 Å². The van der Waals surface area contributed by atoms with E-state index in [1.807, 2.05) is 0 Å². The van der Waals surface area contributed by atoms with Crippen LogP contribution in [0.5, 0.6) is 5.75 Å². The summed E-state index contributed by atoms with van der Waals surface area (Å²) in [5.41, 5.74) is 1.96. The van der Waals surface area contributed by atoms with E-state index in [2.05, 4.69) is 5.32 Å². The summed E-state index contributed by atoms with van der Waals surface area (Å²) in [6.45, 7) is 3.62. The lowest BCUT2D eigenvalue weighted by Crippen LogP contribution is -2.31. The second-order valence-corrected chi connectivity index (χ2v) is 10.5. The number of ether oxygens (including phenoxy) is 2. The Kier molecular flexibility index (Phi) is 13.5. The molecular weight excluding hydrogens is 516 g/mol. The van der Waals surface area contributed by atoms with Crippen molar-refractivity contribution in [2.75, 3.05) is 43.6 Å². The van der Waals surface area contributed by atoms with Gasteiger partial charge in [0.25, 0.3) is 10.0 Å². The smallest absolute Gasteiger partial charge is 0.330 e. The molecule has 0 bridgehead atoms. The van der Waals surface area contributed by atoms with Crippen LogP contribution in [0.2, 0.25) is 0 Å². The van der Waals surface area contributed by atoms with Crippen LogP contribution in [0.4, 0.5) is 5.69 Å². The van der Waals surface area contributed by atoms with E-state index in [9.17, 15) is 28.5 Å². The van der Waals surface area contributed by atoms with Crippen molar-refractivity contribution in [3.05, 3.63) is 59.2 Å². The molecule has 0 heterocycles. The van der Waals surface area contributed by atoms with E-state index >= 15 is 0 Å². The lowest BCUT2D eigenvalue weighted by molar-refractivity contribution is -0.140. The average Bonchev–Trinajstić information content (AvgIpc) is 2.87. The molecule has 11 nitrogen and oxygen atoms in total. The summed E-state index contributed by atoms with van der Waals surface area (Å²) in [7, 11) is -3.80. The number of phenols is 1. The maximum Gasteiger partial charge on any atom is 0.330 e. The maximum absolute atomic E-state index is 11.9. The summed E-state index contributed by atoms with van der Waals surface area (Å²) in [5.74, 6) is -0.733. The molecule has 0 aliphatic carbocycles. The van der Waals surface area contributed by atoms with E-state index in [-0.39, 0.29) is 24.7 Å². The zero-order chi connectivity index (χ0) is 28.0. The minimum Gasteiger partial charge on any atom is -0.508 e. The van der Waals surface area contributed by atoms with Crippen LogP contribution in [0.15, 0.2) is 42.5 Å². The fourth-order valence-electron chi connectivity index (χ4n) is 3.53. The third-order valence-corrected chi connectivity index (χ3v) is 6.30. The van der Waals surface area contributed by atoms with Crippen molar-refractivity contribution >= 4 is 21.7 Å². The molecule has 0 aromatic heterocycles. The van der Waals surface area contributed by atoms with Crippen LogP contribution in [-0.2, 0) is 42.3 Å². The first-order valence-electron chi connectivity index (χ1n) is 12.4. The number of anilines is 1. The van der Waals surface area contributed by atoms with E-state index in [0.29, 0.717) is 42.0 Å². The Morgan fingerprint density at radius 3 is 2.53 bits per heavy atom. The van der Waals surface area contributed by atoms with Crippen molar-refractivity contribution < 1.29 is 42.8 Å². The predicted molar refractivity (Wildman–Crippen MR) is 142 cm³/mol. The zero-order valence-electron chi connectivity index (χ0n) is 21.8. The molecule has 4 N–H and O–H groups in total. The highest BCUT2D eigenvalue weighted by Gasteiger charge is 2.21. The number of carbonyl (C=O) groups is 1. The molecule has 0 radical (unpaired) electrons. The lowest BCUT2D eigenvalue weighted by atomic mass is 10.1. The summed E-state index contributed by atoms with van der Waals surface area (Å²) >= 11 is 0. The van der Waals surface area contributed by atoms with E-state index < -0.39 is 22.1 Å². The number of aliphatic hydroxyl groups excluding tert-OH is 2. The Morgan fingerprint density at radius 1 is 1.05 bits per heavy atom. The van der Waals surface area contributed by atoms with Gasteiger partial charge >= 0.3 is 5.97 Å². The second-order valence-electron chi connectivity index (χ2n) is 8.73. The first-order chi connectivity index (χ1) is 18.1. The molecule has 12 heteroatoms. The standard InChI is InChI=1S/C26H38N2O9S/c1-20(30)37-28(38(2,33)34)24-8-6-7-21(15-24)19-36-14-13-35-12-5-3-4-11-27-17-26(32)22-9-10-25(31)23(16-22)18-29/h6-10,15-16,26-27,29,31-32H,3-5,11-14,17-19H2,1-2H3/t26-/m1/s1. The molecule has 1 atom stereocenters. The van der Waals surface area contributed by atoms with Crippen LogP contribution in [0, 0.1) is 0 Å². The molecule has 0 spiro atoms. The van der Waals surface area contributed by atoms with Gasteiger partial charge in [-0.3, -0.25) is 0 Å². The molecular formula is C26H38N2O9S. The fourth-order valence-corrected chi connectivity index (χ4v) is 4.26. The number of nitrogens with one attached hydrogen (secondary N) is 1. The molecule has 2 aromatic rings. The van der Waals surface area contributed by atoms with Gasteiger partial charge in [0.15, 0.2) is 0 Å². The minimum absolute atomic E-state index is 0.0102. The summed E-state index contributed by atoms with van der Waals surface area (Å²) < 4.78 is 35.6. The first kappa shape index (κ1) is 31.5. The Balaban J connectivity index is 1.54. The van der Waals surface area contributed by atoms with Crippen molar-refractivity contribution in [3.63, 3.8) is 0 Å². The molecule has 0 aliphatic rings. The van der Waals surface area contributed by atoms with Crippen LogP contribution >= 0.6 is 0 Å². The van der Waals surface area contributed by atoms with Gasteiger partial charge in [-0.2, -0.15) is 0 Å². The lowest BCUT2D eigenvalue weighted by Gasteiger charge is -2.20. The number of unbranched alkanes of at least 4 members (excludes halogenated alkanes) is 2. The van der Waals surface area contributed by atoms with Gasteiger partial charge in [-0.25, -0.2) is 13.2 Å². The van der Waals surface area contributed by atoms with Gasteiger partial charge < -0.3 is 34.9 Å². The Bertz CT molecular complexity index is 1110. The number of benzene rings is 2. The molecule has 0 fully saturated rings. The molecule has 0 saturated heterocycles. The number of nitrogens with zero attached hydrogens (tertiary/aromatic N) is 1. The first-order valence-corrected chi connectivity index (χ1v) is 14.2. The van der Waals surface area contributed by atoms with Crippen LogP contribution in [0.1, 0.15) is 49.0 Å². The number of rotatable bonds is 18. The maximum atomic E-state index is 11.9. The van der Waals surface area contributed by atoms with Gasteiger partial charge in [0.1, 0.15) is 5.75 Å². The van der Waals surface area contributed by atoms with E-state index in [1.54, 1.807) is 30.3 Å². The highest BCUT2D eigenvalue weighted by atomic mass is 32.2. The SMILES string of the molecule is CC(=O)ON(c1cccc(COCCOCCCCCNC[C@@H](O)c2ccc(O)c(CO)c2)c1)S(C)(=O)=O. The molecule has 2 rings (SSSR count). The monoisotopic (exact) mass is 554 g/mol. The van der Waals surface area contributed by atoms with Gasteiger partial charge in [-0.15, -0.1) is 0 Å². The van der Waals surface area contributed by atoms with Crippen molar-refractivity contribution in [1.82, 2.24) is 5.32 Å². The van der Waals surface area contributed by atoms with Crippen molar-refractivity contribution in [2.24, 2.45) is 0 Å². The Hall–Kier alpha value is -2.74. The normalized spacial score (nSPS) is 12.3. The van der Waals surface area contributed by atoms with Crippen molar-refractivity contribution in [3.8, 4) is 5.75 Å². The second kappa shape index (κ2) is 16.3. The third kappa shape index (κ3) is 11.3. The molecule has 212 valence electrons. The number of hydrogen-bond acceptors (Lipinski definition) is 10. The Morgan fingerprint density at radius 2 is 1.82 bits per heavy atom. The summed E-state index contributed by atoms with van der Waals surface area (Å²) in [5, 5.41) is 32.3. The topological polar surface area (TPSA) is 155 Å². The predicted octanol–water partition coefficient (Wildman–Crippen LogP) is 2.16. The third-order valence-electron chi connectivity index (χ3n) is 5.41. The van der Waals surface area contributed by atoms with E-state index in [4.69, 9.17) is 14.3 Å². The number of aliphatic hydroxyl groups is 2. The quantitative estimate of drug-likeness (QED) is 0.159. The number of sulfonamides is 1. The zero-order valence-corrected chi connectivity index (χ0v) is 22.7. The van der Waals surface area contributed by atoms with Gasteiger partial charge in [0, 0.05) is 25.6 Å². The highest BCUT2D eigenvalue weighted by Crippen LogP contribution is 2.22. The molecule has 38 heavy (non-hydrogen) atoms. The summed E-state index contributed by atoms with van der Waals surface area (Å²) in [6.07, 6.45) is 3.01. The van der Waals surface area contributed by atoms with Crippen LogP contribution < -0.4 is 9.79 Å². The molecule has 2 aromatic carbocycles. The molecule has 0 saturated carbocycles. The van der Waals surface area contributed by atoms with Crippen molar-refractivity contribution in [2.45, 2.75) is 45.5 Å². The van der Waals surface area contributed by atoms with Gasteiger partial charge in [-0.1, -0.05) is 22.7 Å². The molecule has 0 amide bonds. The van der Waals surface area contributed by atoms with E-state index in [1.165, 1.54) is 12.1 Å². The highest BCUT2D eigenvalue weighted by molar-refractivity contribution is 7.91. The van der Waals surface area contributed by atoms with Crippen LogP contribution in [0.25, 0.3) is 0 Å². The van der Waals surface area contributed by atoms with Gasteiger partial charge in [-0.05, 0) is 61.2 Å². The Labute approximate surface area is 224 Å². The molecule has 0 unspecified atom stereocenters. The van der Waals surface area contributed by atoms with Gasteiger partial charge in [0.2, 0.25) is 0 Å². The van der Waals surface area contributed by atoms with Gasteiger partial charge in [0.05, 0.1) is 44.5 Å². The number of aromatic hydroxyl groups is 1. The average molecular weight is 555 g/mol. The summed E-state index contributed by atoms with van der Waals surface area (Å²) in [6, 6.07) is 11.2.